The summed E-state index contributed by atoms with van der Waals surface area (Å²) in [5.41, 5.74) is 0.841. The van der Waals surface area contributed by atoms with Gasteiger partial charge in [-0.1, -0.05) is 18.5 Å². The predicted octanol–water partition coefficient (Wildman–Crippen LogP) is 2.01. The Hall–Kier alpha value is -1.53. The van der Waals surface area contributed by atoms with Gasteiger partial charge in [0, 0.05) is 13.2 Å². The number of hydrogen-bond donors (Lipinski definition) is 0. The molecule has 1 saturated heterocycles. The lowest BCUT2D eigenvalue weighted by atomic mass is 9.94. The van der Waals surface area contributed by atoms with Crippen LogP contribution in [0, 0.1) is 0 Å². The average Bonchev–Trinajstić information content (AvgIpc) is 3.09. The predicted molar refractivity (Wildman–Crippen MR) is 92.3 cm³/mol. The van der Waals surface area contributed by atoms with Crippen LogP contribution in [-0.2, 0) is 14.2 Å². The zero-order valence-corrected chi connectivity index (χ0v) is 14.5. The van der Waals surface area contributed by atoms with E-state index in [1.54, 1.807) is 18.2 Å². The van der Waals surface area contributed by atoms with Gasteiger partial charge in [-0.2, -0.15) is 0 Å². The highest BCUT2D eigenvalue weighted by Crippen LogP contribution is 2.16. The number of carbonyl (C=O) groups excluding carboxylic acids is 1. The lowest BCUT2D eigenvalue weighted by Gasteiger charge is -2.17. The zero-order valence-electron chi connectivity index (χ0n) is 14.5. The van der Waals surface area contributed by atoms with Crippen LogP contribution < -0.4 is 10.2 Å². The summed E-state index contributed by atoms with van der Waals surface area (Å²) in [7, 11) is 5.87. The molecule has 0 N–H and O–H groups in total. The van der Waals surface area contributed by atoms with E-state index in [4.69, 9.17) is 26.8 Å². The second-order valence-corrected chi connectivity index (χ2v) is 5.82. The summed E-state index contributed by atoms with van der Waals surface area (Å²) in [6.45, 7) is 6.04. The van der Waals surface area contributed by atoms with Gasteiger partial charge in [-0.3, -0.25) is 0 Å². The molecule has 6 heteroatoms. The Kier molecular flexibility index (Phi) is 7.60. The van der Waals surface area contributed by atoms with Crippen LogP contribution in [-0.4, -0.2) is 52.5 Å². The Balaban J connectivity index is 1.92. The third-order valence-corrected chi connectivity index (χ3v) is 3.88. The number of benzene rings is 1. The van der Waals surface area contributed by atoms with Crippen molar-refractivity contribution in [2.45, 2.75) is 45.3 Å². The molecule has 1 fully saturated rings. The van der Waals surface area contributed by atoms with Gasteiger partial charge in [-0.05, 0) is 38.3 Å². The van der Waals surface area contributed by atoms with Gasteiger partial charge in [-0.25, -0.2) is 4.79 Å². The van der Waals surface area contributed by atoms with Crippen molar-refractivity contribution < 1.29 is 23.7 Å². The molecule has 1 aliphatic heterocycles. The van der Waals surface area contributed by atoms with Gasteiger partial charge in [-0.15, -0.1) is 0 Å². The number of ether oxygens (including phenoxy) is 4. The molecule has 5 nitrogen and oxygen atoms in total. The second-order valence-electron chi connectivity index (χ2n) is 5.82. The van der Waals surface area contributed by atoms with Crippen molar-refractivity contribution in [1.82, 2.24) is 0 Å². The number of hydrogen-bond acceptors (Lipinski definition) is 5. The molecule has 0 aromatic heterocycles. The SMILES string of the molecule is [B]c1cc(OCC(CC)OCC)cc(C(=O)OCC2CCCO2)c1. The van der Waals surface area contributed by atoms with Gasteiger partial charge in [0.25, 0.3) is 0 Å². The highest BCUT2D eigenvalue weighted by molar-refractivity contribution is 6.32. The maximum atomic E-state index is 12.2. The standard InChI is InChI=1S/C18H25BO5/c1-3-15(21-4-2)11-23-17-9-13(8-14(19)10-17)18(20)24-12-16-6-5-7-22-16/h8-10,15-16H,3-7,11-12H2,1-2H3. The molecule has 2 rings (SSSR count). The molecule has 2 radical (unpaired) electrons. The van der Waals surface area contributed by atoms with Crippen molar-refractivity contribution in [2.75, 3.05) is 26.4 Å². The molecule has 24 heavy (non-hydrogen) atoms. The van der Waals surface area contributed by atoms with E-state index in [0.717, 1.165) is 25.9 Å². The molecule has 2 unspecified atom stereocenters. The van der Waals surface area contributed by atoms with Gasteiger partial charge in [0.1, 0.15) is 26.8 Å². The van der Waals surface area contributed by atoms with Crippen LogP contribution in [0.1, 0.15) is 43.5 Å². The minimum atomic E-state index is -0.417. The fourth-order valence-electron chi connectivity index (χ4n) is 2.56. The molecule has 0 aliphatic carbocycles. The smallest absolute Gasteiger partial charge is 0.338 e. The Morgan fingerprint density at radius 1 is 1.38 bits per heavy atom. The molecular formula is C18H25BO5. The van der Waals surface area contributed by atoms with E-state index >= 15 is 0 Å². The average molecular weight is 332 g/mol. The van der Waals surface area contributed by atoms with Crippen molar-refractivity contribution >= 4 is 19.3 Å². The fourth-order valence-corrected chi connectivity index (χ4v) is 2.56. The summed E-state index contributed by atoms with van der Waals surface area (Å²) in [5.74, 6) is 0.122. The van der Waals surface area contributed by atoms with Crippen LogP contribution in [0.4, 0.5) is 0 Å². The topological polar surface area (TPSA) is 54.0 Å². The van der Waals surface area contributed by atoms with Crippen LogP contribution in [0.2, 0.25) is 0 Å². The van der Waals surface area contributed by atoms with E-state index in [1.807, 2.05) is 13.8 Å². The van der Waals surface area contributed by atoms with Crippen LogP contribution in [0.5, 0.6) is 5.75 Å². The summed E-state index contributed by atoms with van der Waals surface area (Å²) in [6, 6.07) is 4.92. The second kappa shape index (κ2) is 9.69. The van der Waals surface area contributed by atoms with Gasteiger partial charge >= 0.3 is 5.97 Å². The van der Waals surface area contributed by atoms with Crippen molar-refractivity contribution in [2.24, 2.45) is 0 Å². The minimum Gasteiger partial charge on any atom is -0.491 e. The third kappa shape index (κ3) is 5.84. The first-order chi connectivity index (χ1) is 11.6. The van der Waals surface area contributed by atoms with E-state index < -0.39 is 5.97 Å². The first-order valence-corrected chi connectivity index (χ1v) is 8.56. The van der Waals surface area contributed by atoms with Crippen LogP contribution >= 0.6 is 0 Å². The van der Waals surface area contributed by atoms with Crippen molar-refractivity contribution in [3.63, 3.8) is 0 Å². The highest BCUT2D eigenvalue weighted by Gasteiger charge is 2.18. The minimum absolute atomic E-state index is 0.00207. The summed E-state index contributed by atoms with van der Waals surface area (Å²) < 4.78 is 22.0. The monoisotopic (exact) mass is 332 g/mol. The van der Waals surface area contributed by atoms with E-state index in [2.05, 4.69) is 0 Å². The van der Waals surface area contributed by atoms with Crippen LogP contribution in [0.3, 0.4) is 0 Å². The third-order valence-electron chi connectivity index (χ3n) is 3.88. The zero-order chi connectivity index (χ0) is 17.4. The Labute approximate surface area is 145 Å². The number of esters is 1. The number of carbonyl (C=O) groups is 1. The van der Waals surface area contributed by atoms with Gasteiger partial charge < -0.3 is 18.9 Å². The van der Waals surface area contributed by atoms with E-state index in [1.165, 1.54) is 0 Å². The highest BCUT2D eigenvalue weighted by atomic mass is 16.6. The summed E-state index contributed by atoms with van der Waals surface area (Å²) >= 11 is 0. The molecule has 2 atom stereocenters. The number of rotatable bonds is 9. The Morgan fingerprint density at radius 3 is 2.88 bits per heavy atom. The van der Waals surface area contributed by atoms with E-state index in [-0.39, 0.29) is 18.8 Å². The largest absolute Gasteiger partial charge is 0.491 e. The maximum Gasteiger partial charge on any atom is 0.338 e. The molecule has 1 aliphatic rings. The quantitative estimate of drug-likeness (QED) is 0.511. The Morgan fingerprint density at radius 2 is 2.21 bits per heavy atom. The Bertz CT molecular complexity index is 528. The van der Waals surface area contributed by atoms with Crippen molar-refractivity contribution in [3.05, 3.63) is 23.8 Å². The molecule has 0 bridgehead atoms. The van der Waals surface area contributed by atoms with Crippen molar-refractivity contribution in [1.29, 1.82) is 0 Å². The molecule has 0 amide bonds. The first kappa shape index (κ1) is 18.8. The molecule has 1 heterocycles. The summed E-state index contributed by atoms with van der Waals surface area (Å²) in [6.07, 6.45) is 2.81. The van der Waals surface area contributed by atoms with E-state index in [9.17, 15) is 4.79 Å². The van der Waals surface area contributed by atoms with Crippen LogP contribution in [0.15, 0.2) is 18.2 Å². The van der Waals surface area contributed by atoms with Gasteiger partial charge in [0.05, 0.1) is 17.8 Å². The fraction of sp³-hybridized carbons (Fsp3) is 0.611. The summed E-state index contributed by atoms with van der Waals surface area (Å²) in [4.78, 5) is 12.2. The van der Waals surface area contributed by atoms with Gasteiger partial charge in [0.2, 0.25) is 0 Å². The van der Waals surface area contributed by atoms with Crippen LogP contribution in [0.25, 0.3) is 0 Å². The van der Waals surface area contributed by atoms with Crippen molar-refractivity contribution in [3.8, 4) is 5.75 Å². The first-order valence-electron chi connectivity index (χ1n) is 8.56. The molecule has 1 aromatic rings. The molecule has 1 aromatic carbocycles. The van der Waals surface area contributed by atoms with Gasteiger partial charge in [0.15, 0.2) is 0 Å². The molecule has 0 saturated carbocycles. The van der Waals surface area contributed by atoms with E-state index in [0.29, 0.717) is 30.0 Å². The molecule has 130 valence electrons. The molecular weight excluding hydrogens is 307 g/mol. The normalized spacial score (nSPS) is 18.3. The summed E-state index contributed by atoms with van der Waals surface area (Å²) in [5, 5.41) is 0. The lowest BCUT2D eigenvalue weighted by Crippen LogP contribution is -2.22. The lowest BCUT2D eigenvalue weighted by molar-refractivity contribution is 0.0160. The maximum absolute atomic E-state index is 12.2. The molecule has 0 spiro atoms.